The van der Waals surface area contributed by atoms with Crippen LogP contribution in [0.25, 0.3) is 0 Å². The lowest BCUT2D eigenvalue weighted by molar-refractivity contribution is -0.137. The molecule has 2 aliphatic rings. The van der Waals surface area contributed by atoms with E-state index >= 15 is 0 Å². The summed E-state index contributed by atoms with van der Waals surface area (Å²) < 4.78 is 73.8. The number of halogens is 3. The van der Waals surface area contributed by atoms with Crippen molar-refractivity contribution in [3.63, 3.8) is 0 Å². The van der Waals surface area contributed by atoms with E-state index < -0.39 is 32.7 Å². The summed E-state index contributed by atoms with van der Waals surface area (Å²) in [4.78, 5) is 2.06. The van der Waals surface area contributed by atoms with Crippen LogP contribution in [0.15, 0.2) is 53.4 Å². The molecular formula is C23H24F3N3O3S. The highest BCUT2D eigenvalue weighted by molar-refractivity contribution is 7.89. The third-order valence-electron chi connectivity index (χ3n) is 6.64. The summed E-state index contributed by atoms with van der Waals surface area (Å²) >= 11 is 0. The number of methoxy groups -OCH3 is 1. The van der Waals surface area contributed by atoms with Gasteiger partial charge in [0.1, 0.15) is 0 Å². The predicted molar refractivity (Wildman–Crippen MR) is 116 cm³/mol. The van der Waals surface area contributed by atoms with Gasteiger partial charge in [0.25, 0.3) is 0 Å². The maximum Gasteiger partial charge on any atom is 0.417 e. The van der Waals surface area contributed by atoms with Crippen molar-refractivity contribution in [3.05, 3.63) is 59.7 Å². The Morgan fingerprint density at radius 2 is 1.91 bits per heavy atom. The lowest BCUT2D eigenvalue weighted by Gasteiger charge is -2.42. The molecule has 2 heterocycles. The Bertz CT molecular complexity index is 1160. The zero-order valence-corrected chi connectivity index (χ0v) is 18.9. The van der Waals surface area contributed by atoms with Crippen molar-refractivity contribution in [2.24, 2.45) is 11.3 Å². The van der Waals surface area contributed by atoms with E-state index in [0.717, 1.165) is 6.07 Å². The Morgan fingerprint density at radius 3 is 2.55 bits per heavy atom. The normalized spacial score (nSPS) is 23.8. The topological polar surface area (TPSA) is 73.6 Å². The third kappa shape index (κ3) is 4.33. The molecule has 2 aromatic carbocycles. The van der Waals surface area contributed by atoms with Gasteiger partial charge in [0.05, 0.1) is 28.7 Å². The number of hydrogen-bond acceptors (Lipinski definition) is 5. The van der Waals surface area contributed by atoms with Gasteiger partial charge < -0.3 is 9.64 Å². The SMILES string of the molecule is COC[C@]12CN(c3ccc(C#N)c(C(F)(F)F)c3)C[C@H]1CCN(S(=O)(=O)c1ccccc1)C2. The van der Waals surface area contributed by atoms with Gasteiger partial charge in [0, 0.05) is 44.4 Å². The van der Waals surface area contributed by atoms with Crippen LogP contribution in [-0.4, -0.2) is 52.6 Å². The number of fused-ring (bicyclic) bond motifs is 1. The van der Waals surface area contributed by atoms with Crippen molar-refractivity contribution in [1.29, 1.82) is 5.26 Å². The Balaban J connectivity index is 1.64. The number of anilines is 1. The number of benzene rings is 2. The third-order valence-corrected chi connectivity index (χ3v) is 8.50. The molecule has 10 heteroatoms. The Morgan fingerprint density at radius 1 is 1.18 bits per heavy atom. The van der Waals surface area contributed by atoms with E-state index in [0.29, 0.717) is 31.7 Å². The van der Waals surface area contributed by atoms with Crippen molar-refractivity contribution in [3.8, 4) is 6.07 Å². The molecule has 0 unspecified atom stereocenters. The van der Waals surface area contributed by atoms with Crippen LogP contribution in [-0.2, 0) is 20.9 Å². The molecule has 2 aromatic rings. The highest BCUT2D eigenvalue weighted by Crippen LogP contribution is 2.46. The molecule has 0 radical (unpaired) electrons. The Labute approximate surface area is 191 Å². The first kappa shape index (κ1) is 23.5. The fourth-order valence-electron chi connectivity index (χ4n) is 5.04. The van der Waals surface area contributed by atoms with Crippen LogP contribution < -0.4 is 4.90 Å². The lowest BCUT2D eigenvalue weighted by Crippen LogP contribution is -2.52. The number of alkyl halides is 3. The average Bonchev–Trinajstić information content (AvgIpc) is 3.17. The van der Waals surface area contributed by atoms with Gasteiger partial charge in [-0.05, 0) is 42.7 Å². The quantitative estimate of drug-likeness (QED) is 0.653. The molecule has 0 aliphatic carbocycles. The van der Waals surface area contributed by atoms with Gasteiger partial charge in [-0.1, -0.05) is 18.2 Å². The highest BCUT2D eigenvalue weighted by atomic mass is 32.2. The number of ether oxygens (including phenoxy) is 1. The molecule has 0 spiro atoms. The molecule has 2 fully saturated rings. The molecule has 2 saturated heterocycles. The first-order valence-electron chi connectivity index (χ1n) is 10.5. The van der Waals surface area contributed by atoms with Gasteiger partial charge in [-0.3, -0.25) is 0 Å². The number of piperidine rings is 1. The zero-order chi connectivity index (χ0) is 23.9. The van der Waals surface area contributed by atoms with Gasteiger partial charge in [-0.25, -0.2) is 8.42 Å². The summed E-state index contributed by atoms with van der Waals surface area (Å²) in [6.07, 6.45) is -4.06. The van der Waals surface area contributed by atoms with Crippen LogP contribution in [0.2, 0.25) is 0 Å². The van der Waals surface area contributed by atoms with Gasteiger partial charge in [-0.15, -0.1) is 0 Å². The lowest BCUT2D eigenvalue weighted by atomic mass is 9.74. The van der Waals surface area contributed by atoms with Crippen molar-refractivity contribution < 1.29 is 26.3 Å². The summed E-state index contributed by atoms with van der Waals surface area (Å²) in [5.74, 6) is 0.0599. The summed E-state index contributed by atoms with van der Waals surface area (Å²) in [7, 11) is -2.16. The van der Waals surface area contributed by atoms with Crippen molar-refractivity contribution in [2.45, 2.75) is 17.5 Å². The molecule has 0 saturated carbocycles. The van der Waals surface area contributed by atoms with E-state index in [2.05, 4.69) is 0 Å². The average molecular weight is 480 g/mol. The van der Waals surface area contributed by atoms with Gasteiger partial charge >= 0.3 is 6.18 Å². The van der Waals surface area contributed by atoms with Crippen LogP contribution in [0, 0.1) is 22.7 Å². The van der Waals surface area contributed by atoms with E-state index in [1.807, 2.05) is 4.90 Å². The summed E-state index contributed by atoms with van der Waals surface area (Å²) in [6.45, 7) is 1.70. The number of rotatable bonds is 5. The molecule has 0 amide bonds. The minimum absolute atomic E-state index is 0.0599. The van der Waals surface area contributed by atoms with Gasteiger partial charge in [-0.2, -0.15) is 22.7 Å². The summed E-state index contributed by atoms with van der Waals surface area (Å²) in [5, 5.41) is 9.07. The molecule has 0 aromatic heterocycles. The monoisotopic (exact) mass is 479 g/mol. The van der Waals surface area contributed by atoms with E-state index in [4.69, 9.17) is 10.00 Å². The molecule has 2 atom stereocenters. The predicted octanol–water partition coefficient (Wildman–Crippen LogP) is 3.74. The van der Waals surface area contributed by atoms with Crippen LogP contribution in [0.3, 0.4) is 0 Å². The van der Waals surface area contributed by atoms with Crippen molar-refractivity contribution >= 4 is 15.7 Å². The second-order valence-corrected chi connectivity index (χ2v) is 10.6. The fourth-order valence-corrected chi connectivity index (χ4v) is 6.61. The van der Waals surface area contributed by atoms with E-state index in [1.54, 1.807) is 43.5 Å². The van der Waals surface area contributed by atoms with Crippen LogP contribution in [0.5, 0.6) is 0 Å². The van der Waals surface area contributed by atoms with Crippen molar-refractivity contribution in [2.75, 3.05) is 44.8 Å². The van der Waals surface area contributed by atoms with E-state index in [1.165, 1.54) is 16.4 Å². The number of nitriles is 1. The number of sulfonamides is 1. The summed E-state index contributed by atoms with van der Waals surface area (Å²) in [6, 6.07) is 13.5. The Hall–Kier alpha value is -2.61. The second kappa shape index (κ2) is 8.63. The molecule has 4 rings (SSSR count). The fraction of sp³-hybridized carbons (Fsp3) is 0.435. The smallest absolute Gasteiger partial charge is 0.384 e. The number of nitrogens with zero attached hydrogens (tertiary/aromatic N) is 3. The van der Waals surface area contributed by atoms with Gasteiger partial charge in [0.2, 0.25) is 10.0 Å². The van der Waals surface area contributed by atoms with Gasteiger partial charge in [0.15, 0.2) is 0 Å². The maximum atomic E-state index is 13.5. The highest BCUT2D eigenvalue weighted by Gasteiger charge is 2.52. The van der Waals surface area contributed by atoms with E-state index in [-0.39, 0.29) is 24.0 Å². The molecule has 0 bridgehead atoms. The Kier molecular flexibility index (Phi) is 6.16. The first-order chi connectivity index (χ1) is 15.6. The van der Waals surface area contributed by atoms with E-state index in [9.17, 15) is 21.6 Å². The maximum absolute atomic E-state index is 13.5. The zero-order valence-electron chi connectivity index (χ0n) is 18.0. The molecule has 33 heavy (non-hydrogen) atoms. The molecule has 2 aliphatic heterocycles. The second-order valence-electron chi connectivity index (χ2n) is 8.65. The van der Waals surface area contributed by atoms with Crippen LogP contribution >= 0.6 is 0 Å². The van der Waals surface area contributed by atoms with Crippen molar-refractivity contribution in [1.82, 2.24) is 4.31 Å². The van der Waals surface area contributed by atoms with Crippen LogP contribution in [0.4, 0.5) is 18.9 Å². The minimum Gasteiger partial charge on any atom is -0.384 e. The minimum atomic E-state index is -4.64. The summed E-state index contributed by atoms with van der Waals surface area (Å²) in [5.41, 5.74) is -1.58. The molecule has 6 nitrogen and oxygen atoms in total. The number of hydrogen-bond donors (Lipinski definition) is 0. The van der Waals surface area contributed by atoms with Crippen LogP contribution in [0.1, 0.15) is 17.5 Å². The molecule has 176 valence electrons. The standard InChI is InChI=1S/C23H24F3N3O3S/c1-32-16-22-14-28(19-8-7-17(12-27)21(11-19)23(24,25)26)13-18(22)9-10-29(15-22)33(30,31)20-5-3-2-4-6-20/h2-8,11,18H,9-10,13-16H2,1H3/t18-,22-/m1/s1. The largest absolute Gasteiger partial charge is 0.417 e. The first-order valence-corrected chi connectivity index (χ1v) is 12.0. The molecule has 0 N–H and O–H groups in total. The molecular weight excluding hydrogens is 455 g/mol.